The molecule has 6 heteroatoms. The number of ketones is 1. The number of rotatable bonds is 6. The van der Waals surface area contributed by atoms with Gasteiger partial charge in [0, 0.05) is 23.2 Å². The number of hydrogen-bond acceptors (Lipinski definition) is 4. The molecule has 6 nitrogen and oxygen atoms in total. The van der Waals surface area contributed by atoms with Gasteiger partial charge in [-0.2, -0.15) is 0 Å². The summed E-state index contributed by atoms with van der Waals surface area (Å²) in [4.78, 5) is 50.1. The van der Waals surface area contributed by atoms with Gasteiger partial charge in [0.1, 0.15) is 0 Å². The fourth-order valence-electron chi connectivity index (χ4n) is 4.26. The summed E-state index contributed by atoms with van der Waals surface area (Å²) in [5, 5.41) is 5.28. The van der Waals surface area contributed by atoms with E-state index in [1.54, 1.807) is 72.8 Å². The third kappa shape index (κ3) is 4.32. The molecule has 3 aromatic rings. The van der Waals surface area contributed by atoms with Crippen molar-refractivity contribution in [3.8, 4) is 0 Å². The van der Waals surface area contributed by atoms with E-state index in [-0.39, 0.29) is 23.2 Å². The summed E-state index contributed by atoms with van der Waals surface area (Å²) in [6, 6.07) is 22.6. The number of piperidine rings is 1. The maximum absolute atomic E-state index is 13.0. The Balaban J connectivity index is 1.55. The van der Waals surface area contributed by atoms with Crippen molar-refractivity contribution in [1.29, 1.82) is 0 Å². The van der Waals surface area contributed by atoms with Gasteiger partial charge >= 0.3 is 0 Å². The average Bonchev–Trinajstić information content (AvgIpc) is 2.85. The number of nitrogens with one attached hydrogen (secondary N) is 2. The van der Waals surface area contributed by atoms with Gasteiger partial charge in [-0.15, -0.1) is 0 Å². The van der Waals surface area contributed by atoms with Crippen LogP contribution in [0.15, 0.2) is 78.9 Å². The first-order valence-electron chi connectivity index (χ1n) is 10.9. The second kappa shape index (κ2) is 9.20. The Morgan fingerprint density at radius 1 is 0.879 bits per heavy atom. The van der Waals surface area contributed by atoms with E-state index in [1.165, 1.54) is 0 Å². The molecule has 3 aromatic carbocycles. The van der Waals surface area contributed by atoms with Crippen LogP contribution in [0.3, 0.4) is 0 Å². The van der Waals surface area contributed by atoms with Crippen molar-refractivity contribution >= 4 is 29.2 Å². The van der Waals surface area contributed by atoms with Crippen molar-refractivity contribution in [2.24, 2.45) is 0 Å². The van der Waals surface area contributed by atoms with Crippen molar-refractivity contribution in [2.75, 3.05) is 5.32 Å². The van der Waals surface area contributed by atoms with Crippen molar-refractivity contribution in [3.05, 3.63) is 101 Å². The van der Waals surface area contributed by atoms with Crippen LogP contribution in [-0.4, -0.2) is 23.5 Å². The van der Waals surface area contributed by atoms with Gasteiger partial charge in [0.25, 0.3) is 5.91 Å². The molecule has 1 saturated heterocycles. The van der Waals surface area contributed by atoms with Crippen LogP contribution in [0.1, 0.15) is 58.0 Å². The van der Waals surface area contributed by atoms with E-state index in [0.717, 1.165) is 5.56 Å². The van der Waals surface area contributed by atoms with E-state index in [2.05, 4.69) is 10.6 Å². The lowest BCUT2D eigenvalue weighted by Gasteiger charge is -2.35. The third-order valence-corrected chi connectivity index (χ3v) is 6.22. The monoisotopic (exact) mass is 440 g/mol. The first-order chi connectivity index (χ1) is 15.9. The zero-order valence-electron chi connectivity index (χ0n) is 18.3. The van der Waals surface area contributed by atoms with Crippen LogP contribution in [0.2, 0.25) is 0 Å². The molecule has 0 radical (unpaired) electrons. The Morgan fingerprint density at radius 3 is 2.15 bits per heavy atom. The molecule has 1 atom stereocenters. The molecule has 2 N–H and O–H groups in total. The largest absolute Gasteiger partial charge is 0.322 e. The van der Waals surface area contributed by atoms with Crippen molar-refractivity contribution in [3.63, 3.8) is 0 Å². The third-order valence-electron chi connectivity index (χ3n) is 6.22. The lowest BCUT2D eigenvalue weighted by Crippen LogP contribution is -2.51. The minimum atomic E-state index is -0.759. The summed E-state index contributed by atoms with van der Waals surface area (Å²) >= 11 is 0. The molecule has 4 rings (SSSR count). The molecule has 0 aromatic heterocycles. The first kappa shape index (κ1) is 22.1. The maximum atomic E-state index is 13.0. The fraction of sp³-hybridized carbons (Fsp3) is 0.185. The first-order valence-corrected chi connectivity index (χ1v) is 10.9. The lowest BCUT2D eigenvalue weighted by molar-refractivity contribution is -0.138. The molecule has 3 amide bonds. The Labute approximate surface area is 192 Å². The van der Waals surface area contributed by atoms with Crippen LogP contribution in [0.4, 0.5) is 5.69 Å². The van der Waals surface area contributed by atoms with E-state index in [1.807, 2.05) is 13.0 Å². The highest BCUT2D eigenvalue weighted by Crippen LogP contribution is 2.36. The van der Waals surface area contributed by atoms with E-state index in [0.29, 0.717) is 36.1 Å². The SMILES string of the molecule is CCC1(c2ccc(NC(=O)c3ccccc3C(=O)c3ccccc3)cc2)CCC(=O)NC1=O. The molecule has 166 valence electrons. The van der Waals surface area contributed by atoms with Crippen molar-refractivity contribution in [2.45, 2.75) is 31.6 Å². The minimum absolute atomic E-state index is 0.223. The highest BCUT2D eigenvalue weighted by atomic mass is 16.2. The number of anilines is 1. The summed E-state index contributed by atoms with van der Waals surface area (Å²) in [6.07, 6.45) is 1.31. The van der Waals surface area contributed by atoms with Crippen molar-refractivity contribution < 1.29 is 19.2 Å². The van der Waals surface area contributed by atoms with Gasteiger partial charge in [0.15, 0.2) is 5.78 Å². The number of hydrogen-bond donors (Lipinski definition) is 2. The Kier molecular flexibility index (Phi) is 6.18. The van der Waals surface area contributed by atoms with Crippen LogP contribution >= 0.6 is 0 Å². The van der Waals surface area contributed by atoms with Gasteiger partial charge < -0.3 is 5.32 Å². The standard InChI is InChI=1S/C27H24N2O4/c1-2-27(17-16-23(30)29-26(27)33)19-12-14-20(15-13-19)28-25(32)22-11-7-6-10-21(22)24(31)18-8-4-3-5-9-18/h3-15H,2,16-17H2,1H3,(H,28,32)(H,29,30,33). The predicted molar refractivity (Wildman–Crippen MR) is 125 cm³/mol. The Morgan fingerprint density at radius 2 is 1.52 bits per heavy atom. The van der Waals surface area contributed by atoms with Crippen LogP contribution in [0.25, 0.3) is 0 Å². The number of carbonyl (C=O) groups excluding carboxylic acids is 4. The Bertz CT molecular complexity index is 1220. The molecule has 1 aliphatic heterocycles. The summed E-state index contributed by atoms with van der Waals surface area (Å²) in [6.45, 7) is 1.92. The fourth-order valence-corrected chi connectivity index (χ4v) is 4.26. The summed E-state index contributed by atoms with van der Waals surface area (Å²) in [5.74, 6) is -1.16. The van der Waals surface area contributed by atoms with Crippen LogP contribution in [0.5, 0.6) is 0 Å². The van der Waals surface area contributed by atoms with E-state index < -0.39 is 11.3 Å². The molecular weight excluding hydrogens is 416 g/mol. The predicted octanol–water partition coefficient (Wildman–Crippen LogP) is 4.25. The second-order valence-electron chi connectivity index (χ2n) is 8.09. The quantitative estimate of drug-likeness (QED) is 0.443. The highest BCUT2D eigenvalue weighted by Gasteiger charge is 2.42. The number of carbonyl (C=O) groups is 4. The summed E-state index contributed by atoms with van der Waals surface area (Å²) in [7, 11) is 0. The minimum Gasteiger partial charge on any atom is -0.322 e. The van der Waals surface area contributed by atoms with Gasteiger partial charge in [-0.05, 0) is 36.6 Å². The van der Waals surface area contributed by atoms with Gasteiger partial charge in [0.05, 0.1) is 11.0 Å². The van der Waals surface area contributed by atoms with E-state index in [9.17, 15) is 19.2 Å². The maximum Gasteiger partial charge on any atom is 0.256 e. The van der Waals surface area contributed by atoms with E-state index >= 15 is 0 Å². The molecule has 1 aliphatic rings. The number of amides is 3. The number of imide groups is 1. The van der Waals surface area contributed by atoms with Crippen LogP contribution < -0.4 is 10.6 Å². The van der Waals surface area contributed by atoms with Gasteiger partial charge in [-0.3, -0.25) is 24.5 Å². The highest BCUT2D eigenvalue weighted by molar-refractivity contribution is 6.17. The molecule has 0 saturated carbocycles. The molecule has 1 fully saturated rings. The zero-order valence-corrected chi connectivity index (χ0v) is 18.3. The van der Waals surface area contributed by atoms with Crippen LogP contribution in [0, 0.1) is 0 Å². The number of benzene rings is 3. The molecular formula is C27H24N2O4. The van der Waals surface area contributed by atoms with Gasteiger partial charge in [0.2, 0.25) is 11.8 Å². The second-order valence-corrected chi connectivity index (χ2v) is 8.09. The molecule has 0 aliphatic carbocycles. The van der Waals surface area contributed by atoms with Gasteiger partial charge in [-0.25, -0.2) is 0 Å². The van der Waals surface area contributed by atoms with Crippen LogP contribution in [-0.2, 0) is 15.0 Å². The molecule has 1 heterocycles. The topological polar surface area (TPSA) is 92.3 Å². The smallest absolute Gasteiger partial charge is 0.256 e. The summed E-state index contributed by atoms with van der Waals surface area (Å²) < 4.78 is 0. The van der Waals surface area contributed by atoms with Crippen molar-refractivity contribution in [1.82, 2.24) is 5.32 Å². The molecule has 33 heavy (non-hydrogen) atoms. The van der Waals surface area contributed by atoms with E-state index in [4.69, 9.17) is 0 Å². The summed E-state index contributed by atoms with van der Waals surface area (Å²) in [5.41, 5.74) is 1.70. The molecule has 0 spiro atoms. The average molecular weight is 440 g/mol. The zero-order chi connectivity index (χ0) is 23.4. The van der Waals surface area contributed by atoms with Gasteiger partial charge in [-0.1, -0.05) is 67.6 Å². The lowest BCUT2D eigenvalue weighted by atomic mass is 9.72. The molecule has 1 unspecified atom stereocenters. The normalized spacial score (nSPS) is 17.8. The molecule has 0 bridgehead atoms. The Hall–Kier alpha value is -4.06.